The minimum atomic E-state index is -0.899. The highest BCUT2D eigenvalue weighted by atomic mass is 19.1. The van der Waals surface area contributed by atoms with Crippen LogP contribution in [-0.4, -0.2) is 37.0 Å². The number of nitriles is 1. The van der Waals surface area contributed by atoms with Gasteiger partial charge in [-0.3, -0.25) is 4.79 Å². The van der Waals surface area contributed by atoms with Crippen LogP contribution in [0.5, 0.6) is 0 Å². The van der Waals surface area contributed by atoms with Crippen LogP contribution in [0.15, 0.2) is 36.4 Å². The SMILES string of the molecule is N#Cc1c(F)cccc1N1CCN(C(=O)c2ccc(F)cc2F)CC1. The zero-order chi connectivity index (χ0) is 18.0. The summed E-state index contributed by atoms with van der Waals surface area (Å²) in [5.74, 6) is -2.75. The largest absolute Gasteiger partial charge is 0.367 e. The minimum Gasteiger partial charge on any atom is -0.367 e. The molecule has 0 bridgehead atoms. The molecule has 0 aliphatic carbocycles. The van der Waals surface area contributed by atoms with Gasteiger partial charge >= 0.3 is 0 Å². The van der Waals surface area contributed by atoms with Gasteiger partial charge in [0.15, 0.2) is 0 Å². The summed E-state index contributed by atoms with van der Waals surface area (Å²) >= 11 is 0. The number of piperazine rings is 1. The number of nitrogens with zero attached hydrogens (tertiary/aromatic N) is 3. The topological polar surface area (TPSA) is 47.3 Å². The van der Waals surface area contributed by atoms with Crippen molar-refractivity contribution in [1.82, 2.24) is 4.90 Å². The summed E-state index contributed by atoms with van der Waals surface area (Å²) < 4.78 is 40.5. The molecule has 0 saturated carbocycles. The predicted octanol–water partition coefficient (Wildman–Crippen LogP) is 2.94. The maximum Gasteiger partial charge on any atom is 0.256 e. The summed E-state index contributed by atoms with van der Waals surface area (Å²) in [6, 6.07) is 9.09. The highest BCUT2D eigenvalue weighted by Gasteiger charge is 2.25. The van der Waals surface area contributed by atoms with Gasteiger partial charge in [-0.25, -0.2) is 13.2 Å². The fourth-order valence-electron chi connectivity index (χ4n) is 2.87. The van der Waals surface area contributed by atoms with Gasteiger partial charge in [-0.05, 0) is 24.3 Å². The highest BCUT2D eigenvalue weighted by molar-refractivity contribution is 5.94. The van der Waals surface area contributed by atoms with Gasteiger partial charge in [-0.2, -0.15) is 5.26 Å². The van der Waals surface area contributed by atoms with E-state index in [2.05, 4.69) is 0 Å². The van der Waals surface area contributed by atoms with Gasteiger partial charge in [0.25, 0.3) is 5.91 Å². The number of hydrogen-bond donors (Lipinski definition) is 0. The molecule has 25 heavy (non-hydrogen) atoms. The quantitative estimate of drug-likeness (QED) is 0.841. The average Bonchev–Trinajstić information content (AvgIpc) is 2.61. The Bertz CT molecular complexity index is 855. The molecule has 1 aliphatic heterocycles. The Morgan fingerprint density at radius 2 is 1.72 bits per heavy atom. The van der Waals surface area contributed by atoms with E-state index in [1.807, 2.05) is 11.0 Å². The van der Waals surface area contributed by atoms with Gasteiger partial charge < -0.3 is 9.80 Å². The maximum absolute atomic E-state index is 13.8. The molecule has 1 heterocycles. The second-order valence-corrected chi connectivity index (χ2v) is 5.65. The standard InChI is InChI=1S/C18H14F3N3O/c19-12-4-5-13(16(21)10-12)18(25)24-8-6-23(7-9-24)17-3-1-2-15(20)14(17)11-22/h1-5,10H,6-9H2. The molecular formula is C18H14F3N3O. The van der Waals surface area contributed by atoms with Crippen LogP contribution in [0.4, 0.5) is 18.9 Å². The van der Waals surface area contributed by atoms with Crippen molar-refractivity contribution in [3.8, 4) is 6.07 Å². The fourth-order valence-corrected chi connectivity index (χ4v) is 2.87. The van der Waals surface area contributed by atoms with Gasteiger partial charge in [0.1, 0.15) is 29.1 Å². The fraction of sp³-hybridized carbons (Fsp3) is 0.222. The normalized spacial score (nSPS) is 14.3. The van der Waals surface area contributed by atoms with E-state index in [0.29, 0.717) is 24.8 Å². The lowest BCUT2D eigenvalue weighted by atomic mass is 10.1. The van der Waals surface area contributed by atoms with Gasteiger partial charge in [0.2, 0.25) is 0 Å². The van der Waals surface area contributed by atoms with Crippen LogP contribution in [0.3, 0.4) is 0 Å². The Balaban J connectivity index is 1.73. The van der Waals surface area contributed by atoms with E-state index in [4.69, 9.17) is 5.26 Å². The van der Waals surface area contributed by atoms with Gasteiger partial charge in [0.05, 0.1) is 11.3 Å². The highest BCUT2D eigenvalue weighted by Crippen LogP contribution is 2.24. The number of benzene rings is 2. The van der Waals surface area contributed by atoms with Crippen molar-refractivity contribution < 1.29 is 18.0 Å². The Morgan fingerprint density at radius 3 is 2.36 bits per heavy atom. The smallest absolute Gasteiger partial charge is 0.256 e. The Kier molecular flexibility index (Phi) is 4.61. The van der Waals surface area contributed by atoms with E-state index in [0.717, 1.165) is 12.1 Å². The summed E-state index contributed by atoms with van der Waals surface area (Å²) in [5, 5.41) is 9.12. The molecule has 2 aromatic carbocycles. The lowest BCUT2D eigenvalue weighted by Gasteiger charge is -2.36. The number of anilines is 1. The monoisotopic (exact) mass is 345 g/mol. The second-order valence-electron chi connectivity index (χ2n) is 5.65. The molecule has 3 rings (SSSR count). The van der Waals surface area contributed by atoms with Crippen LogP contribution in [0.1, 0.15) is 15.9 Å². The summed E-state index contributed by atoms with van der Waals surface area (Å²) in [4.78, 5) is 15.7. The molecule has 0 spiro atoms. The molecule has 1 aliphatic rings. The molecule has 0 aromatic heterocycles. The van der Waals surface area contributed by atoms with Gasteiger partial charge in [0, 0.05) is 32.2 Å². The van der Waals surface area contributed by atoms with Gasteiger partial charge in [-0.15, -0.1) is 0 Å². The van der Waals surface area contributed by atoms with Crippen molar-refractivity contribution in [3.63, 3.8) is 0 Å². The minimum absolute atomic E-state index is 0.0353. The molecule has 0 unspecified atom stereocenters. The first-order valence-corrected chi connectivity index (χ1v) is 7.69. The van der Waals surface area contributed by atoms with E-state index >= 15 is 0 Å². The zero-order valence-electron chi connectivity index (χ0n) is 13.2. The van der Waals surface area contributed by atoms with E-state index < -0.39 is 23.4 Å². The van der Waals surface area contributed by atoms with Crippen molar-refractivity contribution in [2.75, 3.05) is 31.1 Å². The number of carbonyl (C=O) groups is 1. The number of rotatable bonds is 2. The maximum atomic E-state index is 13.8. The van der Waals surface area contributed by atoms with Gasteiger partial charge in [-0.1, -0.05) is 6.07 Å². The summed E-state index contributed by atoms with van der Waals surface area (Å²) in [6.45, 7) is 1.34. The molecule has 1 saturated heterocycles. The van der Waals surface area contributed by atoms with Crippen LogP contribution >= 0.6 is 0 Å². The molecule has 1 amide bonds. The third-order valence-corrected chi connectivity index (χ3v) is 4.17. The van der Waals surface area contributed by atoms with Crippen LogP contribution in [0.2, 0.25) is 0 Å². The van der Waals surface area contributed by atoms with E-state index in [1.54, 1.807) is 6.07 Å². The first-order valence-electron chi connectivity index (χ1n) is 7.69. The Morgan fingerprint density at radius 1 is 1.00 bits per heavy atom. The molecule has 0 N–H and O–H groups in total. The van der Waals surface area contributed by atoms with Crippen molar-refractivity contribution in [1.29, 1.82) is 5.26 Å². The molecule has 0 atom stereocenters. The Labute approximate surface area is 142 Å². The molecule has 4 nitrogen and oxygen atoms in total. The van der Waals surface area contributed by atoms with E-state index in [9.17, 15) is 18.0 Å². The lowest BCUT2D eigenvalue weighted by Crippen LogP contribution is -2.49. The number of carbonyl (C=O) groups excluding carboxylic acids is 1. The molecule has 0 radical (unpaired) electrons. The van der Waals surface area contributed by atoms with Crippen LogP contribution in [-0.2, 0) is 0 Å². The van der Waals surface area contributed by atoms with E-state index in [1.165, 1.54) is 17.0 Å². The Hall–Kier alpha value is -3.01. The summed E-state index contributed by atoms with van der Waals surface area (Å²) in [5.41, 5.74) is 0.257. The van der Waals surface area contributed by atoms with E-state index in [-0.39, 0.29) is 24.2 Å². The van der Waals surface area contributed by atoms with Crippen molar-refractivity contribution in [3.05, 3.63) is 65.0 Å². The lowest BCUT2D eigenvalue weighted by molar-refractivity contribution is 0.0742. The number of hydrogen-bond acceptors (Lipinski definition) is 3. The van der Waals surface area contributed by atoms with Crippen LogP contribution in [0, 0.1) is 28.8 Å². The van der Waals surface area contributed by atoms with Crippen molar-refractivity contribution in [2.45, 2.75) is 0 Å². The average molecular weight is 345 g/mol. The first kappa shape index (κ1) is 16.8. The van der Waals surface area contributed by atoms with Crippen LogP contribution < -0.4 is 4.90 Å². The summed E-state index contributed by atoms with van der Waals surface area (Å²) in [7, 11) is 0. The summed E-state index contributed by atoms with van der Waals surface area (Å²) in [6.07, 6.45) is 0. The molecule has 2 aromatic rings. The number of halogens is 3. The molecule has 7 heteroatoms. The molecular weight excluding hydrogens is 331 g/mol. The van der Waals surface area contributed by atoms with Crippen molar-refractivity contribution in [2.24, 2.45) is 0 Å². The first-order chi connectivity index (χ1) is 12.0. The third kappa shape index (κ3) is 3.29. The third-order valence-electron chi connectivity index (χ3n) is 4.17. The molecule has 1 fully saturated rings. The second kappa shape index (κ2) is 6.85. The zero-order valence-corrected chi connectivity index (χ0v) is 13.2. The predicted molar refractivity (Wildman–Crippen MR) is 85.6 cm³/mol. The molecule has 128 valence electrons. The van der Waals surface area contributed by atoms with Crippen molar-refractivity contribution >= 4 is 11.6 Å². The number of amides is 1. The van der Waals surface area contributed by atoms with Crippen LogP contribution in [0.25, 0.3) is 0 Å².